The maximum atomic E-state index is 12.4. The van der Waals surface area contributed by atoms with Crippen LogP contribution < -0.4 is 35.9 Å². The summed E-state index contributed by atoms with van der Waals surface area (Å²) in [5.74, 6) is -0.0714. The van der Waals surface area contributed by atoms with Crippen LogP contribution in [0.4, 0.5) is 0 Å². The number of carbonyl (C=O) groups is 4. The molecule has 0 heterocycles. The highest BCUT2D eigenvalue weighted by molar-refractivity contribution is 6.00. The van der Waals surface area contributed by atoms with E-state index in [-0.39, 0.29) is 0 Å². The van der Waals surface area contributed by atoms with Gasteiger partial charge in [-0.3, -0.25) is 40.9 Å². The minimum atomic E-state index is -0.512. The van der Waals surface area contributed by atoms with E-state index in [2.05, 4.69) is 21.7 Å². The molecule has 0 aromatic heterocycles. The van der Waals surface area contributed by atoms with Crippen molar-refractivity contribution in [3.8, 4) is 23.0 Å². The van der Waals surface area contributed by atoms with E-state index in [1.165, 1.54) is 38.5 Å². The van der Waals surface area contributed by atoms with Gasteiger partial charge in [-0.25, -0.2) is 0 Å². The van der Waals surface area contributed by atoms with Crippen LogP contribution in [0.3, 0.4) is 0 Å². The van der Waals surface area contributed by atoms with Gasteiger partial charge in [0.1, 0.15) is 23.0 Å². The normalized spacial score (nSPS) is 10.1. The standard InChI is InChI=1S/C30H26N4O7/c1-39-25-7-3-5-21(17-25)29(37)33-31-27(35)19-9-13-23(14-10-19)41-24-15-11-20(12-16-24)28(36)32-34-30(38)22-6-4-8-26(18-22)40-2/h3-18H,1-2H3,(H,31,35)(H,32,36)(H,33,37)(H,34,38). The Morgan fingerprint density at radius 1 is 0.439 bits per heavy atom. The van der Waals surface area contributed by atoms with Crippen molar-refractivity contribution in [2.75, 3.05) is 14.2 Å². The first-order chi connectivity index (χ1) is 19.9. The lowest BCUT2D eigenvalue weighted by Gasteiger charge is -2.10. The Morgan fingerprint density at radius 3 is 1.12 bits per heavy atom. The van der Waals surface area contributed by atoms with Gasteiger partial charge in [-0.15, -0.1) is 0 Å². The number of carbonyl (C=O) groups excluding carboxylic acids is 4. The SMILES string of the molecule is COc1cccc(C(=O)NNC(=O)c2ccc(Oc3ccc(C(=O)NNC(=O)c4cccc(OC)c4)cc3)cc2)c1. The first kappa shape index (κ1) is 28.2. The van der Waals surface area contributed by atoms with Gasteiger partial charge in [-0.2, -0.15) is 0 Å². The van der Waals surface area contributed by atoms with Gasteiger partial charge < -0.3 is 14.2 Å². The molecular formula is C30H26N4O7. The summed E-state index contributed by atoms with van der Waals surface area (Å²) in [6.45, 7) is 0. The molecule has 0 aliphatic carbocycles. The number of methoxy groups -OCH3 is 2. The summed E-state index contributed by atoms with van der Waals surface area (Å²) in [7, 11) is 2.99. The highest BCUT2D eigenvalue weighted by Gasteiger charge is 2.12. The third-order valence-corrected chi connectivity index (χ3v) is 5.71. The Morgan fingerprint density at radius 2 is 0.780 bits per heavy atom. The highest BCUT2D eigenvalue weighted by Crippen LogP contribution is 2.22. The van der Waals surface area contributed by atoms with Crippen molar-refractivity contribution in [1.29, 1.82) is 0 Å². The molecule has 0 atom stereocenters. The van der Waals surface area contributed by atoms with Crippen molar-refractivity contribution in [1.82, 2.24) is 21.7 Å². The van der Waals surface area contributed by atoms with Gasteiger partial charge in [0, 0.05) is 22.3 Å². The van der Waals surface area contributed by atoms with Crippen LogP contribution in [0.1, 0.15) is 41.4 Å². The molecule has 208 valence electrons. The summed E-state index contributed by atoms with van der Waals surface area (Å²) >= 11 is 0. The van der Waals surface area contributed by atoms with Gasteiger partial charge in [-0.05, 0) is 84.9 Å². The number of hydrogen-bond donors (Lipinski definition) is 4. The van der Waals surface area contributed by atoms with Crippen molar-refractivity contribution in [2.24, 2.45) is 0 Å². The molecule has 11 nitrogen and oxygen atoms in total. The third kappa shape index (κ3) is 7.60. The van der Waals surface area contributed by atoms with E-state index < -0.39 is 23.6 Å². The number of ether oxygens (including phenoxy) is 3. The number of nitrogens with one attached hydrogen (secondary N) is 4. The fourth-order valence-electron chi connectivity index (χ4n) is 3.53. The summed E-state index contributed by atoms with van der Waals surface area (Å²) in [5.41, 5.74) is 10.7. The van der Waals surface area contributed by atoms with Crippen LogP contribution in [-0.2, 0) is 0 Å². The smallest absolute Gasteiger partial charge is 0.269 e. The fraction of sp³-hybridized carbons (Fsp3) is 0.0667. The number of hydrogen-bond acceptors (Lipinski definition) is 7. The van der Waals surface area contributed by atoms with Crippen LogP contribution in [0.25, 0.3) is 0 Å². The average Bonchev–Trinajstić information content (AvgIpc) is 3.02. The molecule has 0 spiro atoms. The van der Waals surface area contributed by atoms with Gasteiger partial charge >= 0.3 is 0 Å². The number of benzene rings is 4. The Bertz CT molecular complexity index is 1440. The summed E-state index contributed by atoms with van der Waals surface area (Å²) in [6.07, 6.45) is 0. The highest BCUT2D eigenvalue weighted by atomic mass is 16.5. The lowest BCUT2D eigenvalue weighted by Crippen LogP contribution is -2.41. The second-order valence-electron chi connectivity index (χ2n) is 8.43. The zero-order chi connectivity index (χ0) is 29.2. The molecular weight excluding hydrogens is 528 g/mol. The van der Waals surface area contributed by atoms with Gasteiger partial charge in [0.2, 0.25) is 0 Å². The zero-order valence-electron chi connectivity index (χ0n) is 22.1. The molecule has 4 N–H and O–H groups in total. The van der Waals surface area contributed by atoms with Crippen molar-refractivity contribution < 1.29 is 33.4 Å². The molecule has 4 aromatic carbocycles. The first-order valence-electron chi connectivity index (χ1n) is 12.2. The van der Waals surface area contributed by atoms with E-state index in [9.17, 15) is 19.2 Å². The molecule has 0 fully saturated rings. The minimum Gasteiger partial charge on any atom is -0.497 e. The van der Waals surface area contributed by atoms with E-state index in [1.807, 2.05) is 0 Å². The predicted octanol–water partition coefficient (Wildman–Crippen LogP) is 3.65. The maximum absolute atomic E-state index is 12.4. The van der Waals surface area contributed by atoms with Crippen LogP contribution >= 0.6 is 0 Å². The molecule has 4 rings (SSSR count). The Kier molecular flexibility index (Phi) is 9.13. The molecule has 0 aliphatic rings. The average molecular weight is 555 g/mol. The maximum Gasteiger partial charge on any atom is 0.269 e. The van der Waals surface area contributed by atoms with Crippen molar-refractivity contribution >= 4 is 23.6 Å². The van der Waals surface area contributed by atoms with Crippen molar-refractivity contribution in [3.63, 3.8) is 0 Å². The Balaban J connectivity index is 1.26. The second-order valence-corrected chi connectivity index (χ2v) is 8.43. The number of hydrazine groups is 2. The van der Waals surface area contributed by atoms with Gasteiger partial charge in [-0.1, -0.05) is 12.1 Å². The summed E-state index contributed by atoms with van der Waals surface area (Å²) in [5, 5.41) is 0. The van der Waals surface area contributed by atoms with E-state index >= 15 is 0 Å². The molecule has 11 heteroatoms. The Hall–Kier alpha value is -5.84. The predicted molar refractivity (Wildman–Crippen MR) is 149 cm³/mol. The quantitative estimate of drug-likeness (QED) is 0.244. The van der Waals surface area contributed by atoms with Crippen LogP contribution in [0.2, 0.25) is 0 Å². The van der Waals surface area contributed by atoms with Crippen LogP contribution in [0, 0.1) is 0 Å². The molecule has 0 bridgehead atoms. The largest absolute Gasteiger partial charge is 0.497 e. The first-order valence-corrected chi connectivity index (χ1v) is 12.2. The molecule has 0 radical (unpaired) electrons. The molecule has 0 saturated carbocycles. The van der Waals surface area contributed by atoms with Gasteiger partial charge in [0.15, 0.2) is 0 Å². The lowest BCUT2D eigenvalue weighted by atomic mass is 10.2. The molecule has 0 unspecified atom stereocenters. The Labute approximate surface area is 235 Å². The summed E-state index contributed by atoms with van der Waals surface area (Å²) < 4.78 is 16.0. The molecule has 0 aliphatic heterocycles. The fourth-order valence-corrected chi connectivity index (χ4v) is 3.53. The lowest BCUT2D eigenvalue weighted by molar-refractivity contribution is 0.0846. The number of rotatable bonds is 8. The van der Waals surface area contributed by atoms with E-state index in [1.54, 1.807) is 72.8 Å². The summed E-state index contributed by atoms with van der Waals surface area (Å²) in [6, 6.07) is 25.5. The van der Waals surface area contributed by atoms with E-state index in [0.29, 0.717) is 45.3 Å². The zero-order valence-corrected chi connectivity index (χ0v) is 22.1. The molecule has 0 saturated heterocycles. The molecule has 41 heavy (non-hydrogen) atoms. The molecule has 4 aromatic rings. The summed E-state index contributed by atoms with van der Waals surface area (Å²) in [4.78, 5) is 49.4. The van der Waals surface area contributed by atoms with E-state index in [4.69, 9.17) is 14.2 Å². The van der Waals surface area contributed by atoms with Crippen molar-refractivity contribution in [2.45, 2.75) is 0 Å². The van der Waals surface area contributed by atoms with Gasteiger partial charge in [0.25, 0.3) is 23.6 Å². The van der Waals surface area contributed by atoms with Gasteiger partial charge in [0.05, 0.1) is 14.2 Å². The van der Waals surface area contributed by atoms with Crippen LogP contribution in [0.5, 0.6) is 23.0 Å². The third-order valence-electron chi connectivity index (χ3n) is 5.71. The molecule has 4 amide bonds. The van der Waals surface area contributed by atoms with Crippen LogP contribution in [-0.4, -0.2) is 37.8 Å². The monoisotopic (exact) mass is 554 g/mol. The van der Waals surface area contributed by atoms with Crippen molar-refractivity contribution in [3.05, 3.63) is 119 Å². The van der Waals surface area contributed by atoms with E-state index in [0.717, 1.165) is 0 Å². The number of amides is 4. The van der Waals surface area contributed by atoms with Crippen LogP contribution in [0.15, 0.2) is 97.1 Å². The second kappa shape index (κ2) is 13.3. The minimum absolute atomic E-state index is 0.298. The topological polar surface area (TPSA) is 144 Å².